The van der Waals surface area contributed by atoms with E-state index < -0.39 is 0 Å². The topological polar surface area (TPSA) is 38.0 Å². The lowest BCUT2D eigenvalue weighted by Gasteiger charge is -2.20. The van der Waals surface area contributed by atoms with Crippen molar-refractivity contribution >= 4 is 55.1 Å². The Labute approximate surface area is 249 Å². The molecule has 192 valence electrons. The van der Waals surface area contributed by atoms with Gasteiger partial charge in [-0.15, -0.1) is 0 Å². The highest BCUT2D eigenvalue weighted by molar-refractivity contribution is 9.10. The van der Waals surface area contributed by atoms with Crippen LogP contribution in [0.2, 0.25) is 10.0 Å². The molecule has 0 spiro atoms. The van der Waals surface area contributed by atoms with Gasteiger partial charge in [-0.2, -0.15) is 0 Å². The van der Waals surface area contributed by atoms with Gasteiger partial charge in [0.15, 0.2) is 0 Å². The van der Waals surface area contributed by atoms with E-state index >= 15 is 0 Å². The van der Waals surface area contributed by atoms with Crippen molar-refractivity contribution in [3.63, 3.8) is 0 Å². The molecule has 4 aromatic carbocycles. The molecule has 0 aliphatic carbocycles. The summed E-state index contributed by atoms with van der Waals surface area (Å²) in [5.41, 5.74) is 6.13. The van der Waals surface area contributed by atoms with Gasteiger partial charge in [0.25, 0.3) is 0 Å². The maximum absolute atomic E-state index is 11.1. The van der Waals surface area contributed by atoms with E-state index in [4.69, 9.17) is 28.2 Å². The van der Waals surface area contributed by atoms with Crippen LogP contribution in [0.15, 0.2) is 93.9 Å². The number of phenols is 1. The van der Waals surface area contributed by atoms with E-state index in [0.29, 0.717) is 16.4 Å². The van der Waals surface area contributed by atoms with Crippen molar-refractivity contribution in [2.45, 2.75) is 26.2 Å². The minimum Gasteiger partial charge on any atom is -0.506 e. The lowest BCUT2D eigenvalue weighted by atomic mass is 9.87. The summed E-state index contributed by atoms with van der Waals surface area (Å²) < 4.78 is 4.02. The highest BCUT2D eigenvalue weighted by Gasteiger charge is 2.25. The number of halogens is 4. The molecule has 0 atom stereocenters. The Bertz CT molecular complexity index is 1620. The molecule has 0 saturated carbocycles. The van der Waals surface area contributed by atoms with E-state index in [1.807, 2.05) is 36.4 Å². The molecule has 1 aromatic heterocycles. The zero-order valence-corrected chi connectivity index (χ0v) is 25.6. The standard InChI is InChI=1S/C31H24Br2Cl2N2O/c1-31(2,3)20-8-14-24(15-9-20)37-28(19-6-12-22(33)13-7-19)27(18-4-10-21(32)11-5-18)36-30(37)25-16-23(34)17-26(35)29(25)38/h4-17,38H,1-3H3. The van der Waals surface area contributed by atoms with Crippen LogP contribution >= 0.6 is 55.1 Å². The molecule has 5 rings (SSSR count). The molecule has 38 heavy (non-hydrogen) atoms. The van der Waals surface area contributed by atoms with E-state index in [-0.39, 0.29) is 16.2 Å². The summed E-state index contributed by atoms with van der Waals surface area (Å²) in [5.74, 6) is 0.463. The molecule has 3 nitrogen and oxygen atoms in total. The average molecular weight is 671 g/mol. The fourth-order valence-electron chi connectivity index (χ4n) is 4.38. The number of phenolic OH excluding ortho intramolecular Hbond substituents is 1. The van der Waals surface area contributed by atoms with Crippen LogP contribution in [0.4, 0.5) is 0 Å². The first-order valence-corrected chi connectivity index (χ1v) is 14.3. The monoisotopic (exact) mass is 668 g/mol. The molecule has 0 radical (unpaired) electrons. The smallest absolute Gasteiger partial charge is 0.149 e. The highest BCUT2D eigenvalue weighted by atomic mass is 79.9. The molecule has 1 N–H and O–H groups in total. The summed E-state index contributed by atoms with van der Waals surface area (Å²) in [6, 6.07) is 27.8. The van der Waals surface area contributed by atoms with E-state index in [2.05, 4.69) is 93.6 Å². The van der Waals surface area contributed by atoms with Gasteiger partial charge in [-0.05, 0) is 59.5 Å². The van der Waals surface area contributed by atoms with E-state index in [1.54, 1.807) is 6.07 Å². The molecule has 0 amide bonds. The largest absolute Gasteiger partial charge is 0.506 e. The van der Waals surface area contributed by atoms with E-state index in [0.717, 1.165) is 37.1 Å². The predicted molar refractivity (Wildman–Crippen MR) is 166 cm³/mol. The van der Waals surface area contributed by atoms with Crippen molar-refractivity contribution in [2.75, 3.05) is 0 Å². The Kier molecular flexibility index (Phi) is 7.49. The van der Waals surface area contributed by atoms with Gasteiger partial charge in [-0.25, -0.2) is 4.98 Å². The predicted octanol–water partition coefficient (Wildman–Crippen LogP) is 10.7. The zero-order valence-electron chi connectivity index (χ0n) is 20.9. The van der Waals surface area contributed by atoms with Gasteiger partial charge in [-0.1, -0.05) is 112 Å². The van der Waals surface area contributed by atoms with Crippen molar-refractivity contribution in [3.8, 4) is 45.3 Å². The van der Waals surface area contributed by atoms with E-state index in [9.17, 15) is 5.11 Å². The third-order valence-electron chi connectivity index (χ3n) is 6.37. The molecule has 7 heteroatoms. The summed E-state index contributed by atoms with van der Waals surface area (Å²) in [4.78, 5) is 5.13. The molecule has 0 bridgehead atoms. The van der Waals surface area contributed by atoms with Crippen LogP contribution in [0.3, 0.4) is 0 Å². The van der Waals surface area contributed by atoms with Crippen molar-refractivity contribution in [1.29, 1.82) is 0 Å². The number of nitrogens with zero attached hydrogens (tertiary/aromatic N) is 2. The molecule has 0 aliphatic rings. The van der Waals surface area contributed by atoms with Crippen molar-refractivity contribution in [2.24, 2.45) is 0 Å². The number of aromatic nitrogens is 2. The number of benzene rings is 4. The second-order valence-corrected chi connectivity index (χ2v) is 12.7. The molecule has 0 fully saturated rings. The van der Waals surface area contributed by atoms with Crippen LogP contribution in [-0.2, 0) is 5.41 Å². The molecular weight excluding hydrogens is 647 g/mol. The number of aromatic hydroxyl groups is 1. The number of hydrogen-bond donors (Lipinski definition) is 1. The van der Waals surface area contributed by atoms with E-state index in [1.165, 1.54) is 11.6 Å². The van der Waals surface area contributed by atoms with Gasteiger partial charge in [0.05, 0.1) is 22.0 Å². The average Bonchev–Trinajstić information content (AvgIpc) is 3.27. The fourth-order valence-corrected chi connectivity index (χ4v) is 5.40. The molecule has 0 aliphatic heterocycles. The van der Waals surface area contributed by atoms with Crippen molar-refractivity contribution in [1.82, 2.24) is 9.55 Å². The van der Waals surface area contributed by atoms with Gasteiger partial charge in [0.2, 0.25) is 0 Å². The van der Waals surface area contributed by atoms with Crippen LogP contribution in [0.1, 0.15) is 26.3 Å². The molecule has 0 unspecified atom stereocenters. The highest BCUT2D eigenvalue weighted by Crippen LogP contribution is 2.44. The van der Waals surface area contributed by atoms with Gasteiger partial charge < -0.3 is 5.11 Å². The Balaban J connectivity index is 1.89. The second-order valence-electron chi connectivity index (χ2n) is 10.1. The van der Waals surface area contributed by atoms with Crippen molar-refractivity contribution < 1.29 is 5.11 Å². The Morgan fingerprint density at radius 2 is 1.32 bits per heavy atom. The van der Waals surface area contributed by atoms with Gasteiger partial charge >= 0.3 is 0 Å². The number of hydrogen-bond acceptors (Lipinski definition) is 2. The quantitative estimate of drug-likeness (QED) is 0.207. The first-order valence-electron chi connectivity index (χ1n) is 12.0. The summed E-state index contributed by atoms with van der Waals surface area (Å²) in [5, 5.41) is 11.6. The van der Waals surface area contributed by atoms with Crippen LogP contribution in [0, 0.1) is 0 Å². The van der Waals surface area contributed by atoms with Crippen LogP contribution in [0.25, 0.3) is 39.6 Å². The van der Waals surface area contributed by atoms with Gasteiger partial charge in [-0.3, -0.25) is 4.57 Å². The summed E-state index contributed by atoms with van der Waals surface area (Å²) >= 11 is 19.9. The minimum absolute atomic E-state index is 0.00612. The summed E-state index contributed by atoms with van der Waals surface area (Å²) in [7, 11) is 0. The summed E-state index contributed by atoms with van der Waals surface area (Å²) in [6.45, 7) is 6.57. The van der Waals surface area contributed by atoms with Crippen molar-refractivity contribution in [3.05, 3.63) is 109 Å². The summed E-state index contributed by atoms with van der Waals surface area (Å²) in [6.07, 6.45) is 0. The van der Waals surface area contributed by atoms with Gasteiger partial charge in [0, 0.05) is 30.8 Å². The first-order chi connectivity index (χ1) is 18.0. The number of imidazole rings is 1. The SMILES string of the molecule is CC(C)(C)c1ccc(-n2c(-c3cc(Cl)cc(Cl)c3O)nc(-c3ccc(Br)cc3)c2-c2ccc(Br)cc2)cc1. The zero-order chi connectivity index (χ0) is 27.2. The van der Waals surface area contributed by atoms with Crippen LogP contribution < -0.4 is 0 Å². The van der Waals surface area contributed by atoms with Crippen LogP contribution in [0.5, 0.6) is 5.75 Å². The molecule has 1 heterocycles. The molecule has 5 aromatic rings. The second kappa shape index (κ2) is 10.5. The fraction of sp³-hybridized carbons (Fsp3) is 0.129. The normalized spacial score (nSPS) is 11.7. The third kappa shape index (κ3) is 5.30. The Morgan fingerprint density at radius 3 is 1.87 bits per heavy atom. The maximum Gasteiger partial charge on any atom is 0.149 e. The lowest BCUT2D eigenvalue weighted by Crippen LogP contribution is -2.11. The Morgan fingerprint density at radius 1 is 0.763 bits per heavy atom. The Hall–Kier alpha value is -2.57. The maximum atomic E-state index is 11.1. The number of rotatable bonds is 4. The molecular formula is C31H24Br2Cl2N2O. The first kappa shape index (κ1) is 27.0. The lowest BCUT2D eigenvalue weighted by molar-refractivity contribution is 0.477. The van der Waals surface area contributed by atoms with Gasteiger partial charge in [0.1, 0.15) is 11.6 Å². The minimum atomic E-state index is -0.0710. The molecule has 0 saturated heterocycles. The third-order valence-corrected chi connectivity index (χ3v) is 7.94. The van der Waals surface area contributed by atoms with Crippen LogP contribution in [-0.4, -0.2) is 14.7 Å².